The number of amides is 2. The first kappa shape index (κ1) is 25.4. The normalized spacial score (nSPS) is 23.1. The van der Waals surface area contributed by atoms with Crippen molar-refractivity contribution in [1.29, 1.82) is 0 Å². The molecule has 4 rings (SSSR count). The van der Waals surface area contributed by atoms with E-state index in [1.807, 2.05) is 6.92 Å². The van der Waals surface area contributed by atoms with Gasteiger partial charge in [0.25, 0.3) is 11.8 Å². The number of nitrogens with one attached hydrogen (secondary N) is 2. The van der Waals surface area contributed by atoms with Crippen LogP contribution in [0, 0.1) is 6.92 Å². The summed E-state index contributed by atoms with van der Waals surface area (Å²) in [5.41, 5.74) is 1.23. The largest absolute Gasteiger partial charge is 0.408 e. The summed E-state index contributed by atoms with van der Waals surface area (Å²) < 4.78 is 38.8. The number of aromatic nitrogens is 2. The van der Waals surface area contributed by atoms with Gasteiger partial charge in [0.15, 0.2) is 5.01 Å². The first-order valence-electron chi connectivity index (χ1n) is 11.6. The van der Waals surface area contributed by atoms with E-state index < -0.39 is 24.2 Å². The van der Waals surface area contributed by atoms with Gasteiger partial charge in [0.05, 0.1) is 17.0 Å². The van der Waals surface area contributed by atoms with Crippen LogP contribution in [0.15, 0.2) is 12.3 Å². The van der Waals surface area contributed by atoms with Crippen LogP contribution in [0.4, 0.5) is 19.0 Å². The molecule has 2 fully saturated rings. The smallest absolute Gasteiger partial charge is 0.391 e. The zero-order valence-corrected chi connectivity index (χ0v) is 20.5. The van der Waals surface area contributed by atoms with E-state index in [2.05, 4.69) is 20.6 Å². The van der Waals surface area contributed by atoms with Crippen LogP contribution in [0.2, 0.25) is 0 Å². The molecular weight excluding hydrogens is 483 g/mol. The number of nitrogens with zero attached hydrogens (tertiary/aromatic N) is 3. The number of anilines is 1. The van der Waals surface area contributed by atoms with E-state index in [1.165, 1.54) is 12.3 Å². The number of aliphatic hydroxyl groups excluding tert-OH is 1. The molecule has 8 nitrogen and oxygen atoms in total. The number of aryl methyl sites for hydroxylation is 1. The first-order valence-corrected chi connectivity index (χ1v) is 12.4. The maximum absolute atomic E-state index is 13.4. The molecule has 0 bridgehead atoms. The summed E-state index contributed by atoms with van der Waals surface area (Å²) in [7, 11) is 0. The summed E-state index contributed by atoms with van der Waals surface area (Å²) in [6.07, 6.45) is -0.604. The summed E-state index contributed by atoms with van der Waals surface area (Å²) in [6, 6.07) is -0.616. The van der Waals surface area contributed by atoms with E-state index in [-0.39, 0.29) is 34.5 Å². The van der Waals surface area contributed by atoms with Gasteiger partial charge in [-0.05, 0) is 58.1 Å². The standard InChI is InChI=1S/C23H28F3N5O3S/c1-11-9-17(28-13(3)23(24,25)26)27-10-14(11)19-18(22(34)31-8-4-5-12(31)2)30-21(35-19)20(33)29-15-6-7-16(15)32/h9-10,12-13,15-16,32H,4-8H2,1-3H3,(H,27,28)(H,29,33)/t12-,13-,15-,16+/m0/s1. The highest BCUT2D eigenvalue weighted by atomic mass is 32.1. The molecule has 2 aromatic rings. The Morgan fingerprint density at radius 3 is 2.57 bits per heavy atom. The zero-order valence-electron chi connectivity index (χ0n) is 19.6. The second kappa shape index (κ2) is 9.73. The fourth-order valence-electron chi connectivity index (χ4n) is 4.17. The van der Waals surface area contributed by atoms with Crippen LogP contribution in [-0.4, -0.2) is 68.7 Å². The molecule has 1 aliphatic carbocycles. The summed E-state index contributed by atoms with van der Waals surface area (Å²) in [5.74, 6) is -0.716. The van der Waals surface area contributed by atoms with E-state index in [9.17, 15) is 27.9 Å². The van der Waals surface area contributed by atoms with E-state index in [1.54, 1.807) is 11.8 Å². The third-order valence-corrected chi connectivity index (χ3v) is 7.69. The van der Waals surface area contributed by atoms with Gasteiger partial charge in [-0.2, -0.15) is 13.2 Å². The number of halogens is 3. The van der Waals surface area contributed by atoms with Crippen molar-refractivity contribution < 1.29 is 27.9 Å². The van der Waals surface area contributed by atoms with Crippen molar-refractivity contribution in [3.63, 3.8) is 0 Å². The predicted octanol–water partition coefficient (Wildman–Crippen LogP) is 3.75. The van der Waals surface area contributed by atoms with Gasteiger partial charge in [-0.1, -0.05) is 0 Å². The maximum atomic E-state index is 13.4. The highest BCUT2D eigenvalue weighted by Crippen LogP contribution is 2.36. The Morgan fingerprint density at radius 1 is 1.29 bits per heavy atom. The molecule has 1 aliphatic heterocycles. The summed E-state index contributed by atoms with van der Waals surface area (Å²) >= 11 is 1.03. The van der Waals surface area contributed by atoms with Crippen LogP contribution in [0.3, 0.4) is 0 Å². The predicted molar refractivity (Wildman–Crippen MR) is 125 cm³/mol. The minimum Gasteiger partial charge on any atom is -0.391 e. The number of pyridine rings is 1. The average molecular weight is 512 g/mol. The fraction of sp³-hybridized carbons (Fsp3) is 0.565. The van der Waals surface area contributed by atoms with Gasteiger partial charge in [0.2, 0.25) is 0 Å². The lowest BCUT2D eigenvalue weighted by Crippen LogP contribution is -2.50. The van der Waals surface area contributed by atoms with Crippen LogP contribution in [-0.2, 0) is 0 Å². The number of aliphatic hydroxyl groups is 1. The molecule has 1 saturated carbocycles. The molecule has 12 heteroatoms. The summed E-state index contributed by atoms with van der Waals surface area (Å²) in [5, 5.41) is 15.0. The number of rotatable bonds is 6. The molecule has 0 aromatic carbocycles. The quantitative estimate of drug-likeness (QED) is 0.545. The van der Waals surface area contributed by atoms with Crippen molar-refractivity contribution in [2.24, 2.45) is 0 Å². The second-order valence-electron chi connectivity index (χ2n) is 9.20. The molecule has 35 heavy (non-hydrogen) atoms. The maximum Gasteiger partial charge on any atom is 0.408 e. The summed E-state index contributed by atoms with van der Waals surface area (Å²) in [4.78, 5) is 36.9. The van der Waals surface area contributed by atoms with Crippen LogP contribution in [0.25, 0.3) is 10.4 Å². The van der Waals surface area contributed by atoms with Gasteiger partial charge in [0, 0.05) is 24.3 Å². The van der Waals surface area contributed by atoms with Crippen molar-refractivity contribution in [2.45, 2.75) is 76.9 Å². The van der Waals surface area contributed by atoms with Crippen molar-refractivity contribution in [3.05, 3.63) is 28.5 Å². The molecule has 2 amide bonds. The zero-order chi connectivity index (χ0) is 25.5. The molecule has 2 aromatic heterocycles. The lowest BCUT2D eigenvalue weighted by molar-refractivity contribution is -0.138. The lowest BCUT2D eigenvalue weighted by atomic mass is 9.89. The molecule has 0 spiro atoms. The van der Waals surface area contributed by atoms with E-state index >= 15 is 0 Å². The number of carbonyl (C=O) groups is 2. The minimum atomic E-state index is -4.42. The van der Waals surface area contributed by atoms with Crippen molar-refractivity contribution in [3.8, 4) is 10.4 Å². The van der Waals surface area contributed by atoms with Gasteiger partial charge < -0.3 is 20.6 Å². The van der Waals surface area contributed by atoms with E-state index in [0.717, 1.165) is 31.1 Å². The Bertz CT molecular complexity index is 1120. The van der Waals surface area contributed by atoms with Crippen molar-refractivity contribution in [2.75, 3.05) is 11.9 Å². The molecule has 190 valence electrons. The van der Waals surface area contributed by atoms with E-state index in [4.69, 9.17) is 0 Å². The Kier molecular flexibility index (Phi) is 7.05. The highest BCUT2D eigenvalue weighted by Gasteiger charge is 2.37. The Balaban J connectivity index is 1.67. The first-order chi connectivity index (χ1) is 16.5. The molecule has 0 radical (unpaired) electrons. The highest BCUT2D eigenvalue weighted by molar-refractivity contribution is 7.17. The van der Waals surface area contributed by atoms with Crippen LogP contribution >= 0.6 is 11.3 Å². The van der Waals surface area contributed by atoms with Gasteiger partial charge in [-0.25, -0.2) is 9.97 Å². The van der Waals surface area contributed by atoms with Crippen molar-refractivity contribution in [1.82, 2.24) is 20.2 Å². The van der Waals surface area contributed by atoms with Gasteiger partial charge in [0.1, 0.15) is 17.6 Å². The fourth-order valence-corrected chi connectivity index (χ4v) is 5.21. The number of alkyl halides is 3. The number of hydrogen-bond donors (Lipinski definition) is 3. The number of thiazole rings is 1. The molecule has 0 unspecified atom stereocenters. The van der Waals surface area contributed by atoms with Gasteiger partial charge >= 0.3 is 6.18 Å². The van der Waals surface area contributed by atoms with Crippen molar-refractivity contribution >= 4 is 29.0 Å². The minimum absolute atomic E-state index is 0.0362. The van der Waals surface area contributed by atoms with Crippen LogP contribution in [0.1, 0.15) is 65.4 Å². The number of hydrogen-bond acceptors (Lipinski definition) is 7. The lowest BCUT2D eigenvalue weighted by Gasteiger charge is -2.32. The average Bonchev–Trinajstić information content (AvgIpc) is 3.42. The molecule has 3 heterocycles. The molecule has 1 saturated heterocycles. The van der Waals surface area contributed by atoms with Crippen LogP contribution < -0.4 is 10.6 Å². The summed E-state index contributed by atoms with van der Waals surface area (Å²) in [6.45, 7) is 5.25. The Morgan fingerprint density at radius 2 is 2.03 bits per heavy atom. The van der Waals surface area contributed by atoms with Crippen LogP contribution in [0.5, 0.6) is 0 Å². The number of carbonyl (C=O) groups excluding carboxylic acids is 2. The molecular formula is C23H28F3N5O3S. The monoisotopic (exact) mass is 511 g/mol. The second-order valence-corrected chi connectivity index (χ2v) is 10.2. The SMILES string of the molecule is Cc1cc(N[C@@H](C)C(F)(F)F)ncc1-c1sc(C(=O)N[C@H]2CC[C@H]2O)nc1C(=O)N1CCC[C@@H]1C. The third-order valence-electron chi connectivity index (χ3n) is 6.60. The topological polar surface area (TPSA) is 107 Å². The van der Waals surface area contributed by atoms with Gasteiger partial charge in [-0.15, -0.1) is 11.3 Å². The third kappa shape index (κ3) is 5.27. The number of likely N-dealkylation sites (tertiary alicyclic amines) is 1. The molecule has 4 atom stereocenters. The van der Waals surface area contributed by atoms with Gasteiger partial charge in [-0.3, -0.25) is 9.59 Å². The molecule has 3 N–H and O–H groups in total. The Labute approximate surface area is 205 Å². The molecule has 2 aliphatic rings. The Hall–Kier alpha value is -2.73. The van der Waals surface area contributed by atoms with E-state index in [0.29, 0.717) is 35.4 Å².